The van der Waals surface area contributed by atoms with Gasteiger partial charge in [-0.15, -0.1) is 0 Å². The van der Waals surface area contributed by atoms with Crippen molar-refractivity contribution >= 4 is 29.8 Å². The maximum atomic E-state index is 14.0. The van der Waals surface area contributed by atoms with Crippen LogP contribution >= 0.6 is 0 Å². The number of rotatable bonds is 45. The van der Waals surface area contributed by atoms with E-state index in [-0.39, 0.29) is 82.5 Å². The Morgan fingerprint density at radius 3 is 1.22 bits per heavy atom. The van der Waals surface area contributed by atoms with E-state index in [9.17, 15) is 24.0 Å². The van der Waals surface area contributed by atoms with Crippen molar-refractivity contribution in [2.45, 2.75) is 234 Å². The quantitative estimate of drug-likeness (QED) is 0.0250. The number of nitrogens with zero attached hydrogens (tertiary/aromatic N) is 1. The lowest BCUT2D eigenvalue weighted by Gasteiger charge is -2.32. The van der Waals surface area contributed by atoms with Gasteiger partial charge in [-0.05, 0) is 83.8 Å². The molecule has 0 aromatic heterocycles. The molecule has 0 aliphatic rings. The van der Waals surface area contributed by atoms with Crippen molar-refractivity contribution < 1.29 is 47.7 Å². The average Bonchev–Trinajstić information content (AvgIpc) is 3.27. The van der Waals surface area contributed by atoms with Gasteiger partial charge in [-0.3, -0.25) is 24.0 Å². The Morgan fingerprint density at radius 2 is 0.781 bits per heavy atom. The molecule has 11 nitrogen and oxygen atoms in total. The number of esters is 5. The van der Waals surface area contributed by atoms with E-state index in [2.05, 4.69) is 46.4 Å². The maximum absolute atomic E-state index is 14.0. The molecule has 0 aromatic rings. The number of hydrogen-bond acceptors (Lipinski definition) is 11. The summed E-state index contributed by atoms with van der Waals surface area (Å²) in [5, 5.41) is 0. The fourth-order valence-electron chi connectivity index (χ4n) is 7.97. The molecule has 1 atom stereocenters. The lowest BCUT2D eigenvalue weighted by Crippen LogP contribution is -2.45. The van der Waals surface area contributed by atoms with Gasteiger partial charge in [-0.25, -0.2) is 0 Å². The minimum Gasteiger partial charge on any atom is -0.465 e. The zero-order valence-corrected chi connectivity index (χ0v) is 42.7. The summed E-state index contributed by atoms with van der Waals surface area (Å²) in [7, 11) is 3.97. The fraction of sp³-hybridized carbons (Fsp3) is 0.906. The van der Waals surface area contributed by atoms with Crippen molar-refractivity contribution in [2.24, 2.45) is 23.2 Å². The predicted molar refractivity (Wildman–Crippen MR) is 259 cm³/mol. The second-order valence-electron chi connectivity index (χ2n) is 19.1. The summed E-state index contributed by atoms with van der Waals surface area (Å²) in [6.45, 7) is 12.7. The molecule has 0 aliphatic heterocycles. The predicted octanol–water partition coefficient (Wildman–Crippen LogP) is 12.9. The van der Waals surface area contributed by atoms with Gasteiger partial charge < -0.3 is 28.6 Å². The topological polar surface area (TPSA) is 135 Å². The van der Waals surface area contributed by atoms with Gasteiger partial charge in [0.2, 0.25) is 0 Å². The fourth-order valence-corrected chi connectivity index (χ4v) is 7.97. The normalized spacial score (nSPS) is 12.2. The second-order valence-corrected chi connectivity index (χ2v) is 19.1. The minimum atomic E-state index is -1.41. The third kappa shape index (κ3) is 33.7. The Morgan fingerprint density at radius 1 is 0.406 bits per heavy atom. The van der Waals surface area contributed by atoms with Gasteiger partial charge >= 0.3 is 29.8 Å². The van der Waals surface area contributed by atoms with Crippen LogP contribution in [0.15, 0.2) is 0 Å². The van der Waals surface area contributed by atoms with Crippen molar-refractivity contribution in [3.63, 3.8) is 0 Å². The van der Waals surface area contributed by atoms with E-state index in [0.29, 0.717) is 19.3 Å². The van der Waals surface area contributed by atoms with E-state index in [1.54, 1.807) is 0 Å². The van der Waals surface area contributed by atoms with E-state index in [4.69, 9.17) is 23.7 Å². The summed E-state index contributed by atoms with van der Waals surface area (Å²) in [4.78, 5) is 70.3. The monoisotopic (exact) mass is 910 g/mol. The van der Waals surface area contributed by atoms with Gasteiger partial charge in [0.05, 0.1) is 6.61 Å². The summed E-state index contributed by atoms with van der Waals surface area (Å²) in [5.41, 5.74) is -1.41. The van der Waals surface area contributed by atoms with Crippen LogP contribution < -0.4 is 0 Å². The van der Waals surface area contributed by atoms with E-state index < -0.39 is 29.2 Å². The van der Waals surface area contributed by atoms with E-state index >= 15 is 0 Å². The molecular formula is C53H99NO10. The van der Waals surface area contributed by atoms with Gasteiger partial charge in [-0.1, -0.05) is 164 Å². The van der Waals surface area contributed by atoms with Gasteiger partial charge in [0.25, 0.3) is 0 Å². The van der Waals surface area contributed by atoms with Crippen LogP contribution in [0.5, 0.6) is 0 Å². The highest BCUT2D eigenvalue weighted by Crippen LogP contribution is 2.28. The van der Waals surface area contributed by atoms with Crippen LogP contribution in [0, 0.1) is 23.2 Å². The molecule has 0 saturated carbocycles. The average molecular weight is 910 g/mol. The highest BCUT2D eigenvalue weighted by atomic mass is 16.6. The molecule has 0 heterocycles. The number of ether oxygens (including phenoxy) is 5. The maximum Gasteiger partial charge on any atom is 0.320 e. The molecule has 0 spiro atoms. The Kier molecular flexibility index (Phi) is 40.0. The Labute approximate surface area is 392 Å². The first-order valence-electron chi connectivity index (χ1n) is 26.3. The molecular weight excluding hydrogens is 811 g/mol. The molecule has 0 saturated heterocycles. The molecule has 0 aliphatic carbocycles. The molecule has 0 rings (SSSR count). The van der Waals surface area contributed by atoms with Crippen LogP contribution in [0.2, 0.25) is 0 Å². The summed E-state index contributed by atoms with van der Waals surface area (Å²) >= 11 is 0. The molecule has 11 heteroatoms. The molecule has 0 N–H and O–H groups in total. The van der Waals surface area contributed by atoms with Gasteiger partial charge in [-0.2, -0.15) is 0 Å². The van der Waals surface area contributed by atoms with Crippen LogP contribution in [0.25, 0.3) is 0 Å². The number of hydrogen-bond donors (Lipinski definition) is 0. The van der Waals surface area contributed by atoms with Crippen LogP contribution in [0.1, 0.15) is 234 Å². The van der Waals surface area contributed by atoms with Crippen LogP contribution in [0.4, 0.5) is 0 Å². The summed E-state index contributed by atoms with van der Waals surface area (Å²) in [6.07, 6.45) is 26.3. The third-order valence-electron chi connectivity index (χ3n) is 12.3. The summed E-state index contributed by atoms with van der Waals surface area (Å²) in [6, 6.07) is 0. The first-order chi connectivity index (χ1) is 30.9. The third-order valence-corrected chi connectivity index (χ3v) is 12.3. The lowest BCUT2D eigenvalue weighted by molar-refractivity contribution is -0.174. The molecule has 0 fully saturated rings. The van der Waals surface area contributed by atoms with Crippen molar-refractivity contribution in [2.75, 3.05) is 53.7 Å². The first kappa shape index (κ1) is 61.3. The van der Waals surface area contributed by atoms with Crippen molar-refractivity contribution in [3.05, 3.63) is 0 Å². The van der Waals surface area contributed by atoms with Gasteiger partial charge in [0, 0.05) is 19.3 Å². The highest BCUT2D eigenvalue weighted by Gasteiger charge is 2.40. The number of unbranched alkanes of at least 4 members (excludes halogenated alkanes) is 15. The van der Waals surface area contributed by atoms with Gasteiger partial charge in [0.15, 0.2) is 5.92 Å². The molecule has 0 radical (unpaired) electrons. The number of carbonyl (C=O) groups excluding carboxylic acids is 5. The van der Waals surface area contributed by atoms with Crippen molar-refractivity contribution in [1.82, 2.24) is 4.90 Å². The Hall–Kier alpha value is -2.69. The molecule has 0 bridgehead atoms. The molecule has 0 amide bonds. The molecule has 376 valence electrons. The second kappa shape index (κ2) is 41.7. The van der Waals surface area contributed by atoms with Gasteiger partial charge in [0.1, 0.15) is 31.8 Å². The standard InChI is InChI=1S/C53H99NO10/c1-9-15-21-27-35-47(51(58)60-38-30-22-16-10-2)52(59)64-44-53(41-61-48(55)36-28-29-37-54(7)8,42-62-49(56)39-45(31-23-17-11-3)32-24-18-12-4)43-63-50(57)40-46(33-25-19-13-5)34-26-20-14-6/h45-47H,9-44H2,1-8H3. The van der Waals surface area contributed by atoms with Crippen LogP contribution in [0.3, 0.4) is 0 Å². The van der Waals surface area contributed by atoms with E-state index in [1.165, 1.54) is 0 Å². The van der Waals surface area contributed by atoms with Crippen molar-refractivity contribution in [1.29, 1.82) is 0 Å². The van der Waals surface area contributed by atoms with Crippen LogP contribution in [-0.4, -0.2) is 88.4 Å². The summed E-state index contributed by atoms with van der Waals surface area (Å²) in [5.74, 6) is -3.35. The first-order valence-corrected chi connectivity index (χ1v) is 26.3. The Balaban J connectivity index is 6.73. The smallest absolute Gasteiger partial charge is 0.320 e. The largest absolute Gasteiger partial charge is 0.465 e. The van der Waals surface area contributed by atoms with Crippen LogP contribution in [-0.2, 0) is 47.7 Å². The SMILES string of the molecule is CCCCCCOC(=O)C(CCCCCC)C(=O)OCC(COC(=O)CCCCN(C)C)(COC(=O)CC(CCCCC)CCCCC)COC(=O)CC(CCCCC)CCCCC. The zero-order valence-electron chi connectivity index (χ0n) is 42.7. The van der Waals surface area contributed by atoms with Crippen molar-refractivity contribution in [3.8, 4) is 0 Å². The summed E-state index contributed by atoms with van der Waals surface area (Å²) < 4.78 is 29.7. The van der Waals surface area contributed by atoms with E-state index in [1.807, 2.05) is 14.1 Å². The number of carbonyl (C=O) groups is 5. The minimum absolute atomic E-state index is 0.175. The Bertz CT molecular complexity index is 1110. The molecule has 0 aromatic carbocycles. The lowest BCUT2D eigenvalue weighted by atomic mass is 9.90. The highest BCUT2D eigenvalue weighted by molar-refractivity contribution is 5.94. The zero-order chi connectivity index (χ0) is 47.7. The van der Waals surface area contributed by atoms with E-state index in [0.717, 1.165) is 154 Å². The molecule has 1 unspecified atom stereocenters. The molecule has 64 heavy (non-hydrogen) atoms.